The molecule has 0 saturated heterocycles. The summed E-state index contributed by atoms with van der Waals surface area (Å²) in [4.78, 5) is 1.76. The number of rotatable bonds is 5. The van der Waals surface area contributed by atoms with Crippen molar-refractivity contribution in [3.05, 3.63) is 5.01 Å². The first kappa shape index (κ1) is 13.1. The third-order valence-electron chi connectivity index (χ3n) is 2.51. The van der Waals surface area contributed by atoms with E-state index in [0.717, 1.165) is 12.8 Å². The molecular weight excluding hydrogens is 267 g/mol. The van der Waals surface area contributed by atoms with Gasteiger partial charge in [-0.25, -0.2) is 0 Å². The smallest absolute Gasteiger partial charge is 0.388 e. The number of nitrogens with one attached hydrogen (secondary N) is 1. The van der Waals surface area contributed by atoms with Crippen LogP contribution in [0.5, 0.6) is 0 Å². The van der Waals surface area contributed by atoms with Crippen LogP contribution in [0.4, 0.5) is 18.3 Å². The van der Waals surface area contributed by atoms with Gasteiger partial charge in [-0.1, -0.05) is 11.3 Å². The van der Waals surface area contributed by atoms with E-state index in [4.69, 9.17) is 11.1 Å². The third-order valence-corrected chi connectivity index (χ3v) is 3.52. The molecule has 0 aromatic carbocycles. The summed E-state index contributed by atoms with van der Waals surface area (Å²) in [5.41, 5.74) is 5.26. The molecule has 100 valence electrons. The lowest BCUT2D eigenvalue weighted by molar-refractivity contribution is -0.138. The highest BCUT2D eigenvalue weighted by Gasteiger charge is 2.38. The van der Waals surface area contributed by atoms with Crippen LogP contribution in [-0.2, 0) is 6.18 Å². The minimum Gasteiger partial charge on any atom is -0.388 e. The molecule has 18 heavy (non-hydrogen) atoms. The summed E-state index contributed by atoms with van der Waals surface area (Å²) in [5.74, 6) is 0.0150. The van der Waals surface area contributed by atoms with Crippen LogP contribution < -0.4 is 10.6 Å². The lowest BCUT2D eigenvalue weighted by atomic mass is 10.3. The Labute approximate surface area is 105 Å². The Morgan fingerprint density at radius 3 is 2.56 bits per heavy atom. The van der Waals surface area contributed by atoms with Gasteiger partial charge in [0.05, 0.1) is 5.84 Å². The fraction of sp³-hybridized carbons (Fsp3) is 0.667. The Balaban J connectivity index is 2.10. The molecule has 1 saturated carbocycles. The maximum absolute atomic E-state index is 12.4. The predicted molar refractivity (Wildman–Crippen MR) is 61.8 cm³/mol. The molecule has 0 radical (unpaired) electrons. The van der Waals surface area contributed by atoms with Crippen LogP contribution in [0.1, 0.15) is 24.3 Å². The number of halogens is 3. The molecule has 1 heterocycles. The standard InChI is InChI=1S/C9H12F3N5S/c10-9(11,12)7-15-16-8(18-7)17(5-1-2-5)4-3-6(13)14/h5H,1-4H2,(H3,13,14). The molecule has 0 amide bonds. The van der Waals surface area contributed by atoms with E-state index in [0.29, 0.717) is 24.3 Å². The number of nitrogens with zero attached hydrogens (tertiary/aromatic N) is 3. The minimum atomic E-state index is -4.45. The van der Waals surface area contributed by atoms with E-state index in [-0.39, 0.29) is 17.0 Å². The summed E-state index contributed by atoms with van der Waals surface area (Å²) in [5, 5.41) is 13.2. The molecule has 1 fully saturated rings. The fourth-order valence-corrected chi connectivity index (χ4v) is 2.32. The van der Waals surface area contributed by atoms with Gasteiger partial charge in [-0.3, -0.25) is 5.41 Å². The van der Waals surface area contributed by atoms with E-state index >= 15 is 0 Å². The number of aromatic nitrogens is 2. The molecule has 1 aliphatic rings. The van der Waals surface area contributed by atoms with Gasteiger partial charge in [0.1, 0.15) is 0 Å². The average Bonchev–Trinajstić information content (AvgIpc) is 2.93. The van der Waals surface area contributed by atoms with Gasteiger partial charge >= 0.3 is 6.18 Å². The molecule has 0 atom stereocenters. The first-order valence-electron chi connectivity index (χ1n) is 5.38. The molecule has 1 aromatic heterocycles. The molecular formula is C9H12F3N5S. The zero-order valence-electron chi connectivity index (χ0n) is 9.37. The summed E-state index contributed by atoms with van der Waals surface area (Å²) < 4.78 is 37.3. The monoisotopic (exact) mass is 279 g/mol. The van der Waals surface area contributed by atoms with Gasteiger partial charge in [-0.2, -0.15) is 13.2 Å². The van der Waals surface area contributed by atoms with Gasteiger partial charge in [-0.05, 0) is 12.8 Å². The predicted octanol–water partition coefficient (Wildman–Crippen LogP) is 1.85. The Morgan fingerprint density at radius 1 is 1.44 bits per heavy atom. The zero-order chi connectivity index (χ0) is 13.3. The second-order valence-electron chi connectivity index (χ2n) is 4.09. The van der Waals surface area contributed by atoms with Crippen molar-refractivity contribution in [3.63, 3.8) is 0 Å². The molecule has 0 aliphatic heterocycles. The van der Waals surface area contributed by atoms with Gasteiger partial charge in [0.15, 0.2) is 0 Å². The van der Waals surface area contributed by atoms with E-state index in [9.17, 15) is 13.2 Å². The maximum Gasteiger partial charge on any atom is 0.445 e. The van der Waals surface area contributed by atoms with Gasteiger partial charge in [-0.15, -0.1) is 10.2 Å². The van der Waals surface area contributed by atoms with Gasteiger partial charge < -0.3 is 10.6 Å². The summed E-state index contributed by atoms with van der Waals surface area (Å²) in [6.45, 7) is 0.409. The van der Waals surface area contributed by atoms with Crippen LogP contribution >= 0.6 is 11.3 Å². The molecule has 1 aliphatic carbocycles. The van der Waals surface area contributed by atoms with Gasteiger partial charge in [0.25, 0.3) is 0 Å². The topological polar surface area (TPSA) is 78.9 Å². The van der Waals surface area contributed by atoms with Crippen molar-refractivity contribution in [1.29, 1.82) is 5.41 Å². The lowest BCUT2D eigenvalue weighted by Crippen LogP contribution is -2.29. The normalized spacial score (nSPS) is 15.7. The molecule has 5 nitrogen and oxygen atoms in total. The van der Waals surface area contributed by atoms with Crippen LogP contribution in [0, 0.1) is 5.41 Å². The number of hydrogen-bond acceptors (Lipinski definition) is 5. The van der Waals surface area contributed by atoms with Crippen molar-refractivity contribution >= 4 is 22.3 Å². The van der Waals surface area contributed by atoms with E-state index in [2.05, 4.69) is 10.2 Å². The zero-order valence-corrected chi connectivity index (χ0v) is 10.2. The highest BCUT2D eigenvalue weighted by Crippen LogP contribution is 2.38. The molecule has 0 unspecified atom stereocenters. The summed E-state index contributed by atoms with van der Waals surface area (Å²) in [6, 6.07) is 0.207. The first-order chi connectivity index (χ1) is 8.38. The van der Waals surface area contributed by atoms with Crippen LogP contribution in [0.2, 0.25) is 0 Å². The Kier molecular flexibility index (Phi) is 3.42. The first-order valence-corrected chi connectivity index (χ1v) is 6.20. The van der Waals surface area contributed by atoms with Gasteiger partial charge in [0.2, 0.25) is 10.1 Å². The fourth-order valence-electron chi connectivity index (χ4n) is 1.51. The molecule has 1 aromatic rings. The largest absolute Gasteiger partial charge is 0.445 e. The van der Waals surface area contributed by atoms with Crippen molar-refractivity contribution < 1.29 is 13.2 Å². The molecule has 2 rings (SSSR count). The number of nitrogens with two attached hydrogens (primary N) is 1. The number of hydrogen-bond donors (Lipinski definition) is 2. The molecule has 9 heteroatoms. The third kappa shape index (κ3) is 3.09. The van der Waals surface area contributed by atoms with Crippen molar-refractivity contribution in [2.45, 2.75) is 31.5 Å². The average molecular weight is 279 g/mol. The molecule has 0 spiro atoms. The molecule has 0 bridgehead atoms. The lowest BCUT2D eigenvalue weighted by Gasteiger charge is -2.20. The Hall–Kier alpha value is -1.38. The molecule has 3 N–H and O–H groups in total. The second kappa shape index (κ2) is 4.71. The summed E-state index contributed by atoms with van der Waals surface area (Å²) >= 11 is 0.535. The van der Waals surface area contributed by atoms with Crippen LogP contribution in [0.25, 0.3) is 0 Å². The summed E-state index contributed by atoms with van der Waals surface area (Å²) in [7, 11) is 0. The van der Waals surface area contributed by atoms with Gasteiger partial charge in [0, 0.05) is 19.0 Å². The second-order valence-corrected chi connectivity index (χ2v) is 5.04. The maximum atomic E-state index is 12.4. The van der Waals surface area contributed by atoms with Crippen molar-refractivity contribution in [2.24, 2.45) is 5.73 Å². The minimum absolute atomic E-state index is 0.0150. The van der Waals surface area contributed by atoms with E-state index in [1.54, 1.807) is 4.90 Å². The van der Waals surface area contributed by atoms with Crippen LogP contribution in [0.3, 0.4) is 0 Å². The van der Waals surface area contributed by atoms with Crippen molar-refractivity contribution in [1.82, 2.24) is 10.2 Å². The quantitative estimate of drug-likeness (QED) is 0.637. The van der Waals surface area contributed by atoms with E-state index in [1.807, 2.05) is 0 Å². The number of amidine groups is 1. The SMILES string of the molecule is N=C(N)CCN(c1nnc(C(F)(F)F)s1)C1CC1. The highest BCUT2D eigenvalue weighted by atomic mass is 32.1. The van der Waals surface area contributed by atoms with Crippen LogP contribution in [-0.4, -0.2) is 28.6 Å². The van der Waals surface area contributed by atoms with Crippen molar-refractivity contribution in [2.75, 3.05) is 11.4 Å². The Morgan fingerprint density at radius 2 is 2.11 bits per heavy atom. The van der Waals surface area contributed by atoms with Crippen LogP contribution in [0.15, 0.2) is 0 Å². The van der Waals surface area contributed by atoms with E-state index in [1.165, 1.54) is 0 Å². The number of anilines is 1. The Bertz CT molecular complexity index is 440. The summed E-state index contributed by atoms with van der Waals surface area (Å²) in [6.07, 6.45) is -2.28. The van der Waals surface area contributed by atoms with Crippen molar-refractivity contribution in [3.8, 4) is 0 Å². The van der Waals surface area contributed by atoms with E-state index < -0.39 is 11.2 Å². The number of alkyl halides is 3. The highest BCUT2D eigenvalue weighted by molar-refractivity contribution is 7.15.